The maximum atomic E-state index is 13.4. The zero-order valence-electron chi connectivity index (χ0n) is 18.6. The molecule has 2 amide bonds. The number of hydrogen-bond donors (Lipinski definition) is 2. The van der Waals surface area contributed by atoms with Gasteiger partial charge in [-0.1, -0.05) is 17.3 Å². The van der Waals surface area contributed by atoms with Crippen molar-refractivity contribution in [3.63, 3.8) is 0 Å². The lowest BCUT2D eigenvalue weighted by Crippen LogP contribution is -2.31. The van der Waals surface area contributed by atoms with Gasteiger partial charge in [-0.05, 0) is 58.9 Å². The SMILES string of the molecule is Cc1cc(-c2cc(C(=O)Nc3ccccc3C(=O)NC(C)C)c3c(C)noc3n2)c(C)o1. The van der Waals surface area contributed by atoms with Gasteiger partial charge in [0, 0.05) is 11.6 Å². The molecule has 8 nitrogen and oxygen atoms in total. The molecule has 0 saturated carbocycles. The minimum absolute atomic E-state index is 0.0325. The monoisotopic (exact) mass is 432 g/mol. The Morgan fingerprint density at radius 2 is 1.75 bits per heavy atom. The number of hydrogen-bond acceptors (Lipinski definition) is 6. The minimum atomic E-state index is -0.396. The van der Waals surface area contributed by atoms with Crippen LogP contribution in [0.5, 0.6) is 0 Å². The van der Waals surface area contributed by atoms with E-state index in [1.54, 1.807) is 37.3 Å². The molecule has 32 heavy (non-hydrogen) atoms. The van der Waals surface area contributed by atoms with Crippen LogP contribution in [0.4, 0.5) is 5.69 Å². The summed E-state index contributed by atoms with van der Waals surface area (Å²) in [7, 11) is 0. The van der Waals surface area contributed by atoms with E-state index in [0.29, 0.717) is 39.3 Å². The molecule has 164 valence electrons. The number of anilines is 1. The van der Waals surface area contributed by atoms with Gasteiger partial charge in [0.05, 0.1) is 33.6 Å². The van der Waals surface area contributed by atoms with Gasteiger partial charge in [-0.15, -0.1) is 0 Å². The van der Waals surface area contributed by atoms with Crippen LogP contribution < -0.4 is 10.6 Å². The first-order valence-corrected chi connectivity index (χ1v) is 10.3. The van der Waals surface area contributed by atoms with Gasteiger partial charge in [-0.25, -0.2) is 4.98 Å². The van der Waals surface area contributed by atoms with Crippen LogP contribution in [-0.2, 0) is 0 Å². The van der Waals surface area contributed by atoms with Crippen molar-refractivity contribution in [2.75, 3.05) is 5.32 Å². The van der Waals surface area contributed by atoms with E-state index in [4.69, 9.17) is 8.94 Å². The third-order valence-electron chi connectivity index (χ3n) is 5.02. The number of nitrogens with one attached hydrogen (secondary N) is 2. The molecule has 2 N–H and O–H groups in total. The standard InChI is InChI=1S/C24H24N4O4/c1-12(2)25-22(29)16-8-6-7-9-19(16)26-23(30)18-11-20(17-10-13(3)31-15(17)5)27-24-21(18)14(4)28-32-24/h6-12H,1-5H3,(H,25,29)(H,26,30). The van der Waals surface area contributed by atoms with E-state index in [1.165, 1.54) is 0 Å². The van der Waals surface area contributed by atoms with Crippen LogP contribution in [0.25, 0.3) is 22.4 Å². The van der Waals surface area contributed by atoms with Gasteiger partial charge in [0.15, 0.2) is 0 Å². The van der Waals surface area contributed by atoms with Gasteiger partial charge in [-0.3, -0.25) is 9.59 Å². The molecule has 4 rings (SSSR count). The Labute approximate surface area is 185 Å². The van der Waals surface area contributed by atoms with Crippen molar-refractivity contribution in [3.8, 4) is 11.3 Å². The molecule has 0 unspecified atom stereocenters. The lowest BCUT2D eigenvalue weighted by Gasteiger charge is -2.13. The number of fused-ring (bicyclic) bond motifs is 1. The highest BCUT2D eigenvalue weighted by molar-refractivity contribution is 6.15. The Morgan fingerprint density at radius 1 is 1.00 bits per heavy atom. The number of nitrogens with zero attached hydrogens (tertiary/aromatic N) is 2. The smallest absolute Gasteiger partial charge is 0.259 e. The number of carbonyl (C=O) groups excluding carboxylic acids is 2. The van der Waals surface area contributed by atoms with Gasteiger partial charge in [0.2, 0.25) is 0 Å². The molecule has 4 aromatic rings. The van der Waals surface area contributed by atoms with Crippen molar-refractivity contribution in [2.24, 2.45) is 0 Å². The number of amides is 2. The van der Waals surface area contributed by atoms with E-state index < -0.39 is 5.91 Å². The van der Waals surface area contributed by atoms with Gasteiger partial charge < -0.3 is 19.6 Å². The van der Waals surface area contributed by atoms with Crippen molar-refractivity contribution in [1.82, 2.24) is 15.5 Å². The second kappa shape index (κ2) is 8.30. The summed E-state index contributed by atoms with van der Waals surface area (Å²) >= 11 is 0. The average Bonchev–Trinajstić information content (AvgIpc) is 3.28. The molecular formula is C24H24N4O4. The van der Waals surface area contributed by atoms with E-state index in [0.717, 1.165) is 11.3 Å². The fourth-order valence-corrected chi connectivity index (χ4v) is 3.62. The summed E-state index contributed by atoms with van der Waals surface area (Å²) in [5.74, 6) is 0.770. The van der Waals surface area contributed by atoms with Crippen LogP contribution in [0, 0.1) is 20.8 Å². The highest BCUT2D eigenvalue weighted by atomic mass is 16.5. The van der Waals surface area contributed by atoms with E-state index in [2.05, 4.69) is 20.8 Å². The highest BCUT2D eigenvalue weighted by Crippen LogP contribution is 2.31. The lowest BCUT2D eigenvalue weighted by atomic mass is 10.0. The lowest BCUT2D eigenvalue weighted by molar-refractivity contribution is 0.0944. The predicted molar refractivity (Wildman–Crippen MR) is 121 cm³/mol. The number of pyridine rings is 1. The van der Waals surface area contributed by atoms with Gasteiger partial charge in [0.25, 0.3) is 17.5 Å². The quantitative estimate of drug-likeness (QED) is 0.469. The minimum Gasteiger partial charge on any atom is -0.466 e. The van der Waals surface area contributed by atoms with Gasteiger partial charge in [-0.2, -0.15) is 0 Å². The molecule has 0 bridgehead atoms. The normalized spacial score (nSPS) is 11.2. The fourth-order valence-electron chi connectivity index (χ4n) is 3.62. The molecule has 0 aliphatic heterocycles. The van der Waals surface area contributed by atoms with Crippen LogP contribution in [0.1, 0.15) is 51.8 Å². The van der Waals surface area contributed by atoms with Crippen molar-refractivity contribution < 1.29 is 18.5 Å². The zero-order valence-corrected chi connectivity index (χ0v) is 18.6. The Morgan fingerprint density at radius 3 is 2.44 bits per heavy atom. The number of benzene rings is 1. The topological polar surface area (TPSA) is 110 Å². The summed E-state index contributed by atoms with van der Waals surface area (Å²) in [6.07, 6.45) is 0. The molecule has 0 aliphatic carbocycles. The molecule has 3 aromatic heterocycles. The molecule has 0 spiro atoms. The molecule has 1 aromatic carbocycles. The first kappa shape index (κ1) is 21.3. The Hall–Kier alpha value is -3.94. The van der Waals surface area contributed by atoms with E-state index in [1.807, 2.05) is 33.8 Å². The summed E-state index contributed by atoms with van der Waals surface area (Å²) in [6, 6.07) is 10.4. The number of carbonyl (C=O) groups is 2. The number of para-hydroxylation sites is 1. The average molecular weight is 432 g/mol. The number of furan rings is 1. The second-order valence-electron chi connectivity index (χ2n) is 7.96. The number of aryl methyl sites for hydroxylation is 3. The predicted octanol–water partition coefficient (Wildman–Crippen LogP) is 4.80. The van der Waals surface area contributed by atoms with E-state index in [-0.39, 0.29) is 17.7 Å². The van der Waals surface area contributed by atoms with Crippen LogP contribution in [-0.4, -0.2) is 28.0 Å². The Kier molecular flexibility index (Phi) is 5.52. The maximum Gasteiger partial charge on any atom is 0.259 e. The fraction of sp³-hybridized carbons (Fsp3) is 0.250. The molecule has 0 aliphatic rings. The largest absolute Gasteiger partial charge is 0.466 e. The van der Waals surface area contributed by atoms with Crippen molar-refractivity contribution in [2.45, 2.75) is 40.7 Å². The van der Waals surface area contributed by atoms with Crippen LogP contribution in [0.3, 0.4) is 0 Å². The maximum absolute atomic E-state index is 13.4. The number of rotatable bonds is 5. The van der Waals surface area contributed by atoms with E-state index in [9.17, 15) is 9.59 Å². The van der Waals surface area contributed by atoms with Crippen LogP contribution >= 0.6 is 0 Å². The number of aromatic nitrogens is 2. The summed E-state index contributed by atoms with van der Waals surface area (Å²) in [4.78, 5) is 30.5. The third kappa shape index (κ3) is 3.99. The summed E-state index contributed by atoms with van der Waals surface area (Å²) < 4.78 is 11.0. The molecule has 0 saturated heterocycles. The van der Waals surface area contributed by atoms with Gasteiger partial charge in [0.1, 0.15) is 11.5 Å². The molecule has 0 fully saturated rings. The molecular weight excluding hydrogens is 408 g/mol. The molecule has 8 heteroatoms. The third-order valence-corrected chi connectivity index (χ3v) is 5.02. The zero-order chi connectivity index (χ0) is 23.0. The van der Waals surface area contributed by atoms with Crippen molar-refractivity contribution in [1.29, 1.82) is 0 Å². The first-order chi connectivity index (χ1) is 15.2. The van der Waals surface area contributed by atoms with E-state index >= 15 is 0 Å². The second-order valence-corrected chi connectivity index (χ2v) is 7.96. The highest BCUT2D eigenvalue weighted by Gasteiger charge is 2.22. The van der Waals surface area contributed by atoms with Crippen molar-refractivity contribution >= 4 is 28.6 Å². The molecule has 0 radical (unpaired) electrons. The van der Waals surface area contributed by atoms with Crippen molar-refractivity contribution in [3.05, 3.63) is 64.7 Å². The van der Waals surface area contributed by atoms with Crippen LogP contribution in [0.2, 0.25) is 0 Å². The molecule has 0 atom stereocenters. The summed E-state index contributed by atoms with van der Waals surface area (Å²) in [5.41, 5.74) is 3.25. The Balaban J connectivity index is 1.77. The Bertz CT molecular complexity index is 1330. The summed E-state index contributed by atoms with van der Waals surface area (Å²) in [5, 5.41) is 10.2. The van der Waals surface area contributed by atoms with Crippen LogP contribution in [0.15, 0.2) is 45.3 Å². The molecule has 3 heterocycles. The van der Waals surface area contributed by atoms with Gasteiger partial charge >= 0.3 is 0 Å². The summed E-state index contributed by atoms with van der Waals surface area (Å²) in [6.45, 7) is 9.19. The first-order valence-electron chi connectivity index (χ1n) is 10.3.